The van der Waals surface area contributed by atoms with Crippen molar-refractivity contribution in [1.82, 2.24) is 0 Å². The summed E-state index contributed by atoms with van der Waals surface area (Å²) in [5.74, 6) is 0. The molecule has 3 heterocycles. The van der Waals surface area contributed by atoms with Crippen LogP contribution in [0.15, 0.2) is 12.2 Å². The second kappa shape index (κ2) is 8.49. The van der Waals surface area contributed by atoms with Gasteiger partial charge in [-0.2, -0.15) is 0 Å². The van der Waals surface area contributed by atoms with Crippen LogP contribution < -0.4 is 0 Å². The quantitative estimate of drug-likeness (QED) is 0.548. The minimum Gasteiger partial charge on any atom is -0.390 e. The van der Waals surface area contributed by atoms with Gasteiger partial charge in [0, 0.05) is 19.1 Å². The Kier molecular flexibility index (Phi) is 6.59. The van der Waals surface area contributed by atoms with Crippen molar-refractivity contribution in [2.45, 2.75) is 74.8 Å². The van der Waals surface area contributed by atoms with Crippen molar-refractivity contribution < 1.29 is 28.6 Å². The molecule has 0 saturated carbocycles. The van der Waals surface area contributed by atoms with E-state index in [1.54, 1.807) is 0 Å². The largest absolute Gasteiger partial charge is 0.390 e. The van der Waals surface area contributed by atoms with Crippen LogP contribution in [0, 0.1) is 0 Å². The predicted octanol–water partition coefficient (Wildman–Crippen LogP) is 1.44. The summed E-state index contributed by atoms with van der Waals surface area (Å²) in [5.41, 5.74) is 1.15. The van der Waals surface area contributed by atoms with Crippen molar-refractivity contribution in [3.05, 3.63) is 12.2 Å². The first-order valence-corrected chi connectivity index (χ1v) is 9.82. The Bertz CT molecular complexity index is 433. The van der Waals surface area contributed by atoms with Crippen LogP contribution in [0.4, 0.5) is 0 Å². The highest BCUT2D eigenvalue weighted by Gasteiger charge is 2.43. The molecular formula is C17H28O6S. The van der Waals surface area contributed by atoms with Crippen LogP contribution in [0.25, 0.3) is 0 Å². The summed E-state index contributed by atoms with van der Waals surface area (Å²) in [5, 5.41) is 20.5. The van der Waals surface area contributed by atoms with E-state index in [-0.39, 0.29) is 30.5 Å². The van der Waals surface area contributed by atoms with E-state index in [4.69, 9.17) is 18.4 Å². The van der Waals surface area contributed by atoms with Gasteiger partial charge in [0.2, 0.25) is 0 Å². The van der Waals surface area contributed by atoms with Crippen LogP contribution in [-0.4, -0.2) is 72.4 Å². The molecular weight excluding hydrogens is 332 g/mol. The standard InChI is InChI=1S/C17H28O6S/c1-10-5-11(20-8-10)3-4-12-6-14(19)17(22-12)15-7-13(18)16(9-21-15)23-24-2/h11-19H,1,3-9H2,2H3/t11-,12+,13+,14+,15+,16-,17?/m0/s1. The van der Waals surface area contributed by atoms with Gasteiger partial charge in [0.1, 0.15) is 12.2 Å². The Balaban J connectivity index is 1.45. The number of hydrogen-bond donors (Lipinski definition) is 2. The van der Waals surface area contributed by atoms with Crippen molar-refractivity contribution in [3.63, 3.8) is 0 Å². The second-order valence-corrected chi connectivity index (χ2v) is 7.49. The zero-order chi connectivity index (χ0) is 17.1. The highest BCUT2D eigenvalue weighted by atomic mass is 32.2. The minimum absolute atomic E-state index is 0.0170. The van der Waals surface area contributed by atoms with Crippen LogP contribution in [0.2, 0.25) is 0 Å². The first-order valence-electron chi connectivity index (χ1n) is 8.67. The lowest BCUT2D eigenvalue weighted by Gasteiger charge is -2.35. The highest BCUT2D eigenvalue weighted by Crippen LogP contribution is 2.33. The smallest absolute Gasteiger partial charge is 0.121 e. The Morgan fingerprint density at radius 1 is 1.17 bits per heavy atom. The van der Waals surface area contributed by atoms with E-state index in [0.717, 1.165) is 24.8 Å². The maximum atomic E-state index is 10.3. The lowest BCUT2D eigenvalue weighted by molar-refractivity contribution is -0.162. The average Bonchev–Trinajstić information content (AvgIpc) is 3.13. The van der Waals surface area contributed by atoms with E-state index in [1.165, 1.54) is 12.0 Å². The maximum Gasteiger partial charge on any atom is 0.121 e. The molecule has 0 radical (unpaired) electrons. The second-order valence-electron chi connectivity index (χ2n) is 6.97. The fraction of sp³-hybridized carbons (Fsp3) is 0.882. The van der Waals surface area contributed by atoms with Gasteiger partial charge in [-0.3, -0.25) is 0 Å². The molecule has 0 spiro atoms. The Hall–Kier alpha value is -0.150. The minimum atomic E-state index is -0.594. The van der Waals surface area contributed by atoms with Crippen LogP contribution in [-0.2, 0) is 18.4 Å². The Morgan fingerprint density at radius 2 is 1.96 bits per heavy atom. The molecule has 0 aliphatic carbocycles. The summed E-state index contributed by atoms with van der Waals surface area (Å²) < 4.78 is 22.9. The van der Waals surface area contributed by atoms with E-state index < -0.39 is 12.2 Å². The number of aliphatic hydroxyl groups excluding tert-OH is 2. The van der Waals surface area contributed by atoms with E-state index >= 15 is 0 Å². The summed E-state index contributed by atoms with van der Waals surface area (Å²) in [7, 11) is 0. The Labute approximate surface area is 147 Å². The molecule has 0 aromatic carbocycles. The molecule has 7 atom stereocenters. The molecule has 7 heteroatoms. The molecule has 3 rings (SSSR count). The molecule has 0 bridgehead atoms. The molecule has 3 fully saturated rings. The first-order chi connectivity index (χ1) is 11.6. The number of hydrogen-bond acceptors (Lipinski definition) is 7. The van der Waals surface area contributed by atoms with Gasteiger partial charge in [-0.05, 0) is 36.9 Å². The molecule has 2 N–H and O–H groups in total. The molecule has 3 aliphatic rings. The monoisotopic (exact) mass is 360 g/mol. The van der Waals surface area contributed by atoms with Crippen molar-refractivity contribution in [3.8, 4) is 0 Å². The molecule has 0 aromatic heterocycles. The van der Waals surface area contributed by atoms with Crippen LogP contribution in [0.1, 0.15) is 32.1 Å². The van der Waals surface area contributed by atoms with E-state index in [9.17, 15) is 10.2 Å². The first kappa shape index (κ1) is 18.6. The molecule has 6 nitrogen and oxygen atoms in total. The normalized spacial score (nSPS) is 43.5. The van der Waals surface area contributed by atoms with Gasteiger partial charge in [-0.25, -0.2) is 0 Å². The zero-order valence-electron chi connectivity index (χ0n) is 14.1. The van der Waals surface area contributed by atoms with Crippen LogP contribution >= 0.6 is 12.0 Å². The lowest BCUT2D eigenvalue weighted by Crippen LogP contribution is -2.48. The van der Waals surface area contributed by atoms with E-state index in [0.29, 0.717) is 26.1 Å². The third-order valence-corrected chi connectivity index (χ3v) is 5.49. The SMILES string of the molecule is C=C1CO[C@@H](CC[C@@H]2C[C@@H](O)C([C@H]3C[C@@H](O)[C@@H](OSC)CO3)O2)C1. The molecule has 0 amide bonds. The van der Waals surface area contributed by atoms with E-state index in [1.807, 2.05) is 6.26 Å². The number of ether oxygens (including phenoxy) is 3. The fourth-order valence-electron chi connectivity index (χ4n) is 3.76. The van der Waals surface area contributed by atoms with Crippen molar-refractivity contribution in [2.24, 2.45) is 0 Å². The number of rotatable bonds is 6. The molecule has 1 unspecified atom stereocenters. The molecule has 0 aromatic rings. The van der Waals surface area contributed by atoms with Crippen molar-refractivity contribution in [1.29, 1.82) is 0 Å². The summed E-state index contributed by atoms with van der Waals surface area (Å²) in [4.78, 5) is 0. The van der Waals surface area contributed by atoms with Gasteiger partial charge in [0.25, 0.3) is 0 Å². The summed E-state index contributed by atoms with van der Waals surface area (Å²) in [6.07, 6.45) is 3.67. The Morgan fingerprint density at radius 3 is 2.62 bits per heavy atom. The maximum absolute atomic E-state index is 10.3. The average molecular weight is 360 g/mol. The molecule has 138 valence electrons. The lowest BCUT2D eigenvalue weighted by atomic mass is 9.96. The summed E-state index contributed by atoms with van der Waals surface area (Å²) >= 11 is 1.23. The van der Waals surface area contributed by atoms with Gasteiger partial charge in [0.05, 0.1) is 43.7 Å². The van der Waals surface area contributed by atoms with Gasteiger partial charge in [0.15, 0.2) is 0 Å². The third-order valence-electron chi connectivity index (χ3n) is 5.05. The van der Waals surface area contributed by atoms with Crippen molar-refractivity contribution in [2.75, 3.05) is 19.5 Å². The van der Waals surface area contributed by atoms with Crippen LogP contribution in [0.3, 0.4) is 0 Å². The van der Waals surface area contributed by atoms with Gasteiger partial charge in [-0.1, -0.05) is 6.58 Å². The third kappa shape index (κ3) is 4.52. The van der Waals surface area contributed by atoms with Gasteiger partial charge in [-0.15, -0.1) is 0 Å². The topological polar surface area (TPSA) is 77.4 Å². The highest BCUT2D eigenvalue weighted by molar-refractivity contribution is 7.93. The molecule has 3 saturated heterocycles. The fourth-order valence-corrected chi connectivity index (χ4v) is 4.19. The van der Waals surface area contributed by atoms with Gasteiger partial charge < -0.3 is 28.6 Å². The molecule has 3 aliphatic heterocycles. The van der Waals surface area contributed by atoms with Crippen molar-refractivity contribution >= 4 is 12.0 Å². The summed E-state index contributed by atoms with van der Waals surface area (Å²) in [6, 6.07) is 0. The summed E-state index contributed by atoms with van der Waals surface area (Å²) in [6.45, 7) is 4.93. The van der Waals surface area contributed by atoms with Crippen LogP contribution in [0.5, 0.6) is 0 Å². The van der Waals surface area contributed by atoms with E-state index in [2.05, 4.69) is 6.58 Å². The predicted molar refractivity (Wildman–Crippen MR) is 90.8 cm³/mol. The van der Waals surface area contributed by atoms with Gasteiger partial charge >= 0.3 is 0 Å². The zero-order valence-corrected chi connectivity index (χ0v) is 15.0. The number of aliphatic hydroxyl groups is 2. The molecule has 24 heavy (non-hydrogen) atoms.